The Morgan fingerprint density at radius 2 is 2.00 bits per heavy atom. The maximum atomic E-state index is 9.17. The quantitative estimate of drug-likeness (QED) is 0.761. The molecule has 1 heterocycles. The van der Waals surface area contributed by atoms with Crippen LogP contribution in [0.1, 0.15) is 12.0 Å². The number of benzene rings is 1. The minimum absolute atomic E-state index is 0.211. The normalized spacial score (nSPS) is 15.6. The van der Waals surface area contributed by atoms with Crippen LogP contribution in [0.4, 0.5) is 0 Å². The molecule has 1 aromatic rings. The molecule has 104 valence electrons. The molecule has 0 aromatic heterocycles. The van der Waals surface area contributed by atoms with Crippen molar-refractivity contribution in [2.45, 2.75) is 12.8 Å². The molecule has 0 saturated carbocycles. The summed E-state index contributed by atoms with van der Waals surface area (Å²) in [6, 6.07) is 10.5. The number of aliphatic hydroxyl groups excluding tert-OH is 1. The number of aliphatic hydroxyl groups is 1. The molecule has 1 N–H and O–H groups in total. The molecular formula is C16H23NO2. The second kappa shape index (κ2) is 8.10. The molecule has 0 saturated heterocycles. The maximum absolute atomic E-state index is 9.17. The highest BCUT2D eigenvalue weighted by molar-refractivity contribution is 5.15. The van der Waals surface area contributed by atoms with Gasteiger partial charge >= 0.3 is 0 Å². The van der Waals surface area contributed by atoms with Gasteiger partial charge in [0.25, 0.3) is 0 Å². The summed E-state index contributed by atoms with van der Waals surface area (Å²) >= 11 is 0. The molecule has 0 unspecified atom stereocenters. The second-order valence-electron chi connectivity index (χ2n) is 4.94. The molecule has 2 rings (SSSR count). The Balaban J connectivity index is 1.83. The molecule has 0 atom stereocenters. The lowest BCUT2D eigenvalue weighted by Gasteiger charge is -2.24. The predicted octanol–water partition coefficient (Wildman–Crippen LogP) is 1.87. The third kappa shape index (κ3) is 5.15. The zero-order valence-electron chi connectivity index (χ0n) is 11.4. The lowest BCUT2D eigenvalue weighted by Crippen LogP contribution is -2.32. The van der Waals surface area contributed by atoms with E-state index in [1.165, 1.54) is 11.1 Å². The fourth-order valence-corrected chi connectivity index (χ4v) is 2.35. The van der Waals surface area contributed by atoms with Gasteiger partial charge in [0.05, 0.1) is 19.8 Å². The Morgan fingerprint density at radius 1 is 1.16 bits per heavy atom. The van der Waals surface area contributed by atoms with Crippen molar-refractivity contribution in [3.63, 3.8) is 0 Å². The van der Waals surface area contributed by atoms with Crippen molar-refractivity contribution in [2.75, 3.05) is 39.5 Å². The van der Waals surface area contributed by atoms with E-state index in [1.54, 1.807) is 0 Å². The van der Waals surface area contributed by atoms with Gasteiger partial charge in [0.1, 0.15) is 0 Å². The van der Waals surface area contributed by atoms with Crippen molar-refractivity contribution in [3.8, 4) is 0 Å². The molecule has 3 heteroatoms. The first-order valence-electron chi connectivity index (χ1n) is 7.01. The number of nitrogens with zero attached hydrogens (tertiary/aromatic N) is 1. The van der Waals surface area contributed by atoms with Crippen LogP contribution in [0.5, 0.6) is 0 Å². The van der Waals surface area contributed by atoms with E-state index in [4.69, 9.17) is 4.74 Å². The van der Waals surface area contributed by atoms with Crippen LogP contribution >= 0.6 is 0 Å². The lowest BCUT2D eigenvalue weighted by molar-refractivity contribution is 0.138. The number of ether oxygens (including phenoxy) is 1. The fourth-order valence-electron chi connectivity index (χ4n) is 2.35. The van der Waals surface area contributed by atoms with E-state index in [1.807, 2.05) is 6.07 Å². The first-order chi connectivity index (χ1) is 9.38. The Morgan fingerprint density at radius 3 is 2.68 bits per heavy atom. The summed E-state index contributed by atoms with van der Waals surface area (Å²) in [5.41, 5.74) is 2.69. The van der Waals surface area contributed by atoms with Gasteiger partial charge in [-0.1, -0.05) is 36.4 Å². The summed E-state index contributed by atoms with van der Waals surface area (Å²) in [6.07, 6.45) is 4.31. The van der Waals surface area contributed by atoms with Gasteiger partial charge in [-0.2, -0.15) is 0 Å². The summed E-state index contributed by atoms with van der Waals surface area (Å²) in [4.78, 5) is 2.30. The molecule has 1 aliphatic rings. The van der Waals surface area contributed by atoms with Crippen LogP contribution in [-0.4, -0.2) is 49.5 Å². The number of rotatable bonds is 7. The van der Waals surface area contributed by atoms with Crippen LogP contribution in [0.3, 0.4) is 0 Å². The van der Waals surface area contributed by atoms with E-state index in [-0.39, 0.29) is 6.61 Å². The van der Waals surface area contributed by atoms with Crippen LogP contribution in [0.15, 0.2) is 42.0 Å². The minimum Gasteiger partial charge on any atom is -0.395 e. The number of hydrogen-bond donors (Lipinski definition) is 1. The third-order valence-electron chi connectivity index (χ3n) is 3.39. The lowest BCUT2D eigenvalue weighted by atomic mass is 10.1. The standard InChI is InChI=1S/C16H23NO2/c18-11-10-17(13-16-7-4-12-19-14-16)9-8-15-5-2-1-3-6-15/h1-3,5-7,18H,4,8-14H2. The van der Waals surface area contributed by atoms with Crippen molar-refractivity contribution >= 4 is 0 Å². The van der Waals surface area contributed by atoms with Crippen molar-refractivity contribution in [1.82, 2.24) is 4.90 Å². The highest BCUT2D eigenvalue weighted by Crippen LogP contribution is 2.09. The van der Waals surface area contributed by atoms with Crippen molar-refractivity contribution in [3.05, 3.63) is 47.5 Å². The average Bonchev–Trinajstić information content (AvgIpc) is 2.47. The highest BCUT2D eigenvalue weighted by atomic mass is 16.5. The van der Waals surface area contributed by atoms with Gasteiger partial charge in [0.15, 0.2) is 0 Å². The van der Waals surface area contributed by atoms with Gasteiger partial charge in [-0.3, -0.25) is 4.90 Å². The van der Waals surface area contributed by atoms with Gasteiger partial charge < -0.3 is 9.84 Å². The second-order valence-corrected chi connectivity index (χ2v) is 4.94. The van der Waals surface area contributed by atoms with E-state index in [2.05, 4.69) is 35.2 Å². The molecule has 0 amide bonds. The zero-order valence-corrected chi connectivity index (χ0v) is 11.4. The van der Waals surface area contributed by atoms with E-state index in [9.17, 15) is 5.11 Å². The summed E-state index contributed by atoms with van der Waals surface area (Å²) in [5.74, 6) is 0. The van der Waals surface area contributed by atoms with Gasteiger partial charge in [0, 0.05) is 19.6 Å². The molecular weight excluding hydrogens is 238 g/mol. The largest absolute Gasteiger partial charge is 0.395 e. The van der Waals surface area contributed by atoms with Crippen LogP contribution in [-0.2, 0) is 11.2 Å². The van der Waals surface area contributed by atoms with Crippen molar-refractivity contribution < 1.29 is 9.84 Å². The minimum atomic E-state index is 0.211. The Kier molecular flexibility index (Phi) is 6.08. The molecule has 0 bridgehead atoms. The SMILES string of the molecule is OCCN(CCc1ccccc1)CC1=CCCOC1. The third-order valence-corrected chi connectivity index (χ3v) is 3.39. The molecule has 19 heavy (non-hydrogen) atoms. The molecule has 0 aliphatic carbocycles. The molecule has 0 radical (unpaired) electrons. The summed E-state index contributed by atoms with van der Waals surface area (Å²) < 4.78 is 5.47. The van der Waals surface area contributed by atoms with Gasteiger partial charge in [-0.05, 0) is 24.0 Å². The van der Waals surface area contributed by atoms with Crippen molar-refractivity contribution in [1.29, 1.82) is 0 Å². The first kappa shape index (κ1) is 14.3. The molecule has 0 fully saturated rings. The Labute approximate surface area is 115 Å². The smallest absolute Gasteiger partial charge is 0.0689 e. The van der Waals surface area contributed by atoms with Crippen LogP contribution in [0, 0.1) is 0 Å². The monoisotopic (exact) mass is 261 g/mol. The average molecular weight is 261 g/mol. The van der Waals surface area contributed by atoms with E-state index < -0.39 is 0 Å². The molecule has 3 nitrogen and oxygen atoms in total. The van der Waals surface area contributed by atoms with E-state index in [0.717, 1.165) is 45.7 Å². The van der Waals surface area contributed by atoms with Gasteiger partial charge in [-0.15, -0.1) is 0 Å². The highest BCUT2D eigenvalue weighted by Gasteiger charge is 2.10. The van der Waals surface area contributed by atoms with Crippen LogP contribution in [0.25, 0.3) is 0 Å². The summed E-state index contributed by atoms with van der Waals surface area (Å²) in [5, 5.41) is 9.17. The predicted molar refractivity (Wildman–Crippen MR) is 77.2 cm³/mol. The molecule has 1 aromatic carbocycles. The topological polar surface area (TPSA) is 32.7 Å². The zero-order chi connectivity index (χ0) is 13.3. The maximum Gasteiger partial charge on any atom is 0.0689 e. The summed E-state index contributed by atoms with van der Waals surface area (Å²) in [6.45, 7) is 4.41. The van der Waals surface area contributed by atoms with Gasteiger partial charge in [-0.25, -0.2) is 0 Å². The van der Waals surface area contributed by atoms with Crippen LogP contribution < -0.4 is 0 Å². The molecule has 1 aliphatic heterocycles. The fraction of sp³-hybridized carbons (Fsp3) is 0.500. The van der Waals surface area contributed by atoms with Crippen LogP contribution in [0.2, 0.25) is 0 Å². The van der Waals surface area contributed by atoms with Gasteiger partial charge in [0.2, 0.25) is 0 Å². The number of hydrogen-bond acceptors (Lipinski definition) is 3. The first-order valence-corrected chi connectivity index (χ1v) is 7.01. The van der Waals surface area contributed by atoms with Crippen molar-refractivity contribution in [2.24, 2.45) is 0 Å². The van der Waals surface area contributed by atoms with E-state index >= 15 is 0 Å². The molecule has 0 spiro atoms. The summed E-state index contributed by atoms with van der Waals surface area (Å²) in [7, 11) is 0. The Bertz CT molecular complexity index is 389. The Hall–Kier alpha value is -1.16. The van der Waals surface area contributed by atoms with E-state index in [0.29, 0.717) is 0 Å².